The first-order valence-electron chi connectivity index (χ1n) is 11.8. The summed E-state index contributed by atoms with van der Waals surface area (Å²) < 4.78 is 6.19. The number of ether oxygens (including phenoxy) is 1. The molecule has 0 spiro atoms. The van der Waals surface area contributed by atoms with Crippen LogP contribution in [0.15, 0.2) is 35.5 Å². The van der Waals surface area contributed by atoms with Crippen LogP contribution in [0, 0.1) is 17.3 Å². The summed E-state index contributed by atoms with van der Waals surface area (Å²) in [5.41, 5.74) is 2.82. The standard InChI is InChI=1S/C26H42O4/c1-17-20(15-21(27)16-24(17)28)9-8-19-7-6-12-26(5)22(10-11-23(19)26)18(2)30-14-13-25(3,4)29/h8-9,18,21-24,27-29H,1,6-7,10-16H2,2-5H3/b19-8+,20-9-/t18-,21+,22+,23-,24-,26+/m0/s1. The number of hydrogen-bond acceptors (Lipinski definition) is 4. The Balaban J connectivity index is 1.70. The number of aliphatic hydroxyl groups excluding tert-OH is 2. The Bertz CT molecular complexity index is 686. The normalized spacial score (nSPS) is 38.8. The smallest absolute Gasteiger partial charge is 0.0811 e. The number of aliphatic hydroxyl groups is 3. The second-order valence-corrected chi connectivity index (χ2v) is 10.8. The molecule has 0 aliphatic heterocycles. The summed E-state index contributed by atoms with van der Waals surface area (Å²) in [5, 5.41) is 30.1. The van der Waals surface area contributed by atoms with Crippen LogP contribution in [0.4, 0.5) is 0 Å². The van der Waals surface area contributed by atoms with Gasteiger partial charge in [-0.1, -0.05) is 31.2 Å². The van der Waals surface area contributed by atoms with Gasteiger partial charge in [0, 0.05) is 13.0 Å². The number of fused-ring (bicyclic) bond motifs is 1. The fourth-order valence-electron chi connectivity index (χ4n) is 6.13. The third kappa shape index (κ3) is 5.27. The molecule has 6 atom stereocenters. The Hall–Kier alpha value is -0.940. The molecule has 0 saturated heterocycles. The average Bonchev–Trinajstić information content (AvgIpc) is 3.00. The van der Waals surface area contributed by atoms with E-state index in [0.29, 0.717) is 37.7 Å². The molecular weight excluding hydrogens is 376 g/mol. The van der Waals surface area contributed by atoms with Crippen molar-refractivity contribution in [3.8, 4) is 0 Å². The van der Waals surface area contributed by atoms with E-state index in [9.17, 15) is 15.3 Å². The first kappa shape index (κ1) is 23.7. The minimum Gasteiger partial charge on any atom is -0.393 e. The average molecular weight is 419 g/mol. The Kier molecular flexibility index (Phi) is 7.33. The molecule has 0 unspecified atom stereocenters. The molecule has 4 nitrogen and oxygen atoms in total. The highest BCUT2D eigenvalue weighted by atomic mass is 16.5. The molecule has 4 heteroatoms. The Morgan fingerprint density at radius 3 is 2.70 bits per heavy atom. The van der Waals surface area contributed by atoms with E-state index < -0.39 is 17.8 Å². The first-order chi connectivity index (χ1) is 14.0. The van der Waals surface area contributed by atoms with Crippen LogP contribution in [0.3, 0.4) is 0 Å². The summed E-state index contributed by atoms with van der Waals surface area (Å²) in [6.07, 6.45) is 11.0. The molecular formula is C26H42O4. The summed E-state index contributed by atoms with van der Waals surface area (Å²) >= 11 is 0. The zero-order valence-electron chi connectivity index (χ0n) is 19.4. The van der Waals surface area contributed by atoms with Crippen molar-refractivity contribution in [3.05, 3.63) is 35.5 Å². The van der Waals surface area contributed by atoms with E-state index in [-0.39, 0.29) is 11.5 Å². The molecule has 3 N–H and O–H groups in total. The maximum absolute atomic E-state index is 10.1. The molecule has 0 radical (unpaired) electrons. The van der Waals surface area contributed by atoms with Gasteiger partial charge in [0.15, 0.2) is 0 Å². The van der Waals surface area contributed by atoms with Gasteiger partial charge >= 0.3 is 0 Å². The summed E-state index contributed by atoms with van der Waals surface area (Å²) in [5.74, 6) is 1.11. The minimum atomic E-state index is -0.680. The van der Waals surface area contributed by atoms with Crippen molar-refractivity contribution >= 4 is 0 Å². The lowest BCUT2D eigenvalue weighted by Crippen LogP contribution is -2.39. The van der Waals surface area contributed by atoms with Gasteiger partial charge < -0.3 is 20.1 Å². The van der Waals surface area contributed by atoms with E-state index in [0.717, 1.165) is 17.6 Å². The monoisotopic (exact) mass is 418 g/mol. The molecule has 0 bridgehead atoms. The van der Waals surface area contributed by atoms with Crippen molar-refractivity contribution in [2.24, 2.45) is 17.3 Å². The lowest BCUT2D eigenvalue weighted by Gasteiger charge is -2.44. The van der Waals surface area contributed by atoms with Crippen LogP contribution in [-0.4, -0.2) is 45.8 Å². The molecule has 0 amide bonds. The van der Waals surface area contributed by atoms with Gasteiger partial charge in [0.05, 0.1) is 23.9 Å². The van der Waals surface area contributed by atoms with Crippen molar-refractivity contribution in [1.29, 1.82) is 0 Å². The predicted molar refractivity (Wildman–Crippen MR) is 121 cm³/mol. The highest BCUT2D eigenvalue weighted by Crippen LogP contribution is 2.58. The molecule has 170 valence electrons. The second-order valence-electron chi connectivity index (χ2n) is 10.8. The van der Waals surface area contributed by atoms with E-state index in [2.05, 4.69) is 32.6 Å². The van der Waals surface area contributed by atoms with Crippen LogP contribution in [0.25, 0.3) is 0 Å². The van der Waals surface area contributed by atoms with Crippen molar-refractivity contribution in [3.63, 3.8) is 0 Å². The fraction of sp³-hybridized carbons (Fsp3) is 0.769. The van der Waals surface area contributed by atoms with Crippen LogP contribution in [0.5, 0.6) is 0 Å². The number of allylic oxidation sites excluding steroid dienone is 3. The van der Waals surface area contributed by atoms with E-state index in [1.807, 2.05) is 13.8 Å². The SMILES string of the molecule is C=C1/C(=C\C=C2/CCC[C@]3(C)[C@@H]([C@H](C)OCCC(C)(C)O)CC[C@@H]23)C[C@@H](O)C[C@@H]1O. The summed E-state index contributed by atoms with van der Waals surface area (Å²) in [4.78, 5) is 0. The van der Waals surface area contributed by atoms with Crippen molar-refractivity contribution in [1.82, 2.24) is 0 Å². The van der Waals surface area contributed by atoms with Crippen LogP contribution in [-0.2, 0) is 4.74 Å². The second kappa shape index (κ2) is 9.28. The zero-order valence-corrected chi connectivity index (χ0v) is 19.4. The van der Waals surface area contributed by atoms with Crippen molar-refractivity contribution in [2.45, 2.75) is 103 Å². The van der Waals surface area contributed by atoms with Crippen molar-refractivity contribution in [2.75, 3.05) is 6.61 Å². The molecule has 0 aromatic rings. The molecule has 3 rings (SSSR count). The third-order valence-corrected chi connectivity index (χ3v) is 7.96. The third-order valence-electron chi connectivity index (χ3n) is 7.96. The Morgan fingerprint density at radius 1 is 1.27 bits per heavy atom. The van der Waals surface area contributed by atoms with Gasteiger partial charge in [-0.25, -0.2) is 0 Å². The molecule has 30 heavy (non-hydrogen) atoms. The van der Waals surface area contributed by atoms with Crippen LogP contribution in [0.1, 0.15) is 79.1 Å². The van der Waals surface area contributed by atoms with Gasteiger partial charge in [0.25, 0.3) is 0 Å². The highest BCUT2D eigenvalue weighted by molar-refractivity contribution is 5.38. The molecule has 0 aromatic carbocycles. The van der Waals surface area contributed by atoms with E-state index in [1.54, 1.807) is 0 Å². The Morgan fingerprint density at radius 2 is 2.00 bits per heavy atom. The van der Waals surface area contributed by atoms with Gasteiger partial charge in [-0.05, 0) is 94.1 Å². The molecule has 3 saturated carbocycles. The molecule has 0 heterocycles. The molecule has 3 aliphatic carbocycles. The fourth-order valence-corrected chi connectivity index (χ4v) is 6.13. The van der Waals surface area contributed by atoms with Gasteiger partial charge in [-0.3, -0.25) is 0 Å². The first-order valence-corrected chi connectivity index (χ1v) is 11.8. The van der Waals surface area contributed by atoms with Crippen LogP contribution in [0.2, 0.25) is 0 Å². The zero-order chi connectivity index (χ0) is 22.1. The quantitative estimate of drug-likeness (QED) is 0.585. The number of hydrogen-bond donors (Lipinski definition) is 3. The van der Waals surface area contributed by atoms with Gasteiger partial charge in [0.2, 0.25) is 0 Å². The molecule has 0 aromatic heterocycles. The van der Waals surface area contributed by atoms with E-state index in [4.69, 9.17) is 4.74 Å². The maximum Gasteiger partial charge on any atom is 0.0811 e. The van der Waals surface area contributed by atoms with E-state index in [1.165, 1.54) is 31.3 Å². The van der Waals surface area contributed by atoms with Crippen molar-refractivity contribution < 1.29 is 20.1 Å². The van der Waals surface area contributed by atoms with E-state index >= 15 is 0 Å². The van der Waals surface area contributed by atoms with Crippen LogP contribution < -0.4 is 0 Å². The maximum atomic E-state index is 10.1. The minimum absolute atomic E-state index is 0.198. The van der Waals surface area contributed by atoms with Gasteiger partial charge in [0.1, 0.15) is 0 Å². The largest absolute Gasteiger partial charge is 0.393 e. The summed E-state index contributed by atoms with van der Waals surface area (Å²) in [6.45, 7) is 13.0. The molecule has 3 fully saturated rings. The highest BCUT2D eigenvalue weighted by Gasteiger charge is 2.51. The van der Waals surface area contributed by atoms with Gasteiger partial charge in [-0.15, -0.1) is 0 Å². The number of rotatable bonds is 6. The van der Waals surface area contributed by atoms with Crippen LogP contribution >= 0.6 is 0 Å². The lowest BCUT2D eigenvalue weighted by atomic mass is 9.62. The predicted octanol–water partition coefficient (Wildman–Crippen LogP) is 4.69. The lowest BCUT2D eigenvalue weighted by molar-refractivity contribution is -0.0454. The summed E-state index contributed by atoms with van der Waals surface area (Å²) in [7, 11) is 0. The Labute approximate surface area is 182 Å². The molecule has 3 aliphatic rings. The van der Waals surface area contributed by atoms with Gasteiger partial charge in [-0.2, -0.15) is 0 Å². The topological polar surface area (TPSA) is 69.9 Å². The summed E-state index contributed by atoms with van der Waals surface area (Å²) in [6, 6.07) is 0.